The van der Waals surface area contributed by atoms with Crippen molar-refractivity contribution >= 4 is 39.0 Å². The summed E-state index contributed by atoms with van der Waals surface area (Å²) in [7, 11) is 1.47. The lowest BCUT2D eigenvalue weighted by Gasteiger charge is -2.11. The van der Waals surface area contributed by atoms with Crippen LogP contribution < -0.4 is 15.0 Å². The van der Waals surface area contributed by atoms with E-state index in [2.05, 4.69) is 26.0 Å². The van der Waals surface area contributed by atoms with Gasteiger partial charge in [0.05, 0.1) is 28.7 Å². The van der Waals surface area contributed by atoms with Gasteiger partial charge in [-0.05, 0) is 45.8 Å². The molecule has 0 amide bonds. The molecule has 4 aromatic rings. The number of ether oxygens (including phenoxy) is 2. The summed E-state index contributed by atoms with van der Waals surface area (Å²) >= 11 is 3.39. The topological polar surface area (TPSA) is 82.8 Å². The smallest absolute Gasteiger partial charge is 0.308 e. The predicted octanol–water partition coefficient (Wildman–Crippen LogP) is 4.64. The molecule has 160 valence electrons. The molecule has 0 aliphatic rings. The Morgan fingerprint density at radius 1 is 1.09 bits per heavy atom. The van der Waals surface area contributed by atoms with Crippen LogP contribution in [0.15, 0.2) is 81.1 Å². The highest BCUT2D eigenvalue weighted by Gasteiger charge is 2.15. The van der Waals surface area contributed by atoms with Crippen molar-refractivity contribution in [2.45, 2.75) is 6.92 Å². The molecule has 0 fully saturated rings. The molecule has 1 heterocycles. The monoisotopic (exact) mass is 491 g/mol. The van der Waals surface area contributed by atoms with Crippen molar-refractivity contribution in [3.05, 3.63) is 87.1 Å². The Labute approximate surface area is 192 Å². The maximum absolute atomic E-state index is 13.2. The molecule has 0 aliphatic carbocycles. The summed E-state index contributed by atoms with van der Waals surface area (Å²) in [6.07, 6.45) is 1.52. The van der Waals surface area contributed by atoms with Gasteiger partial charge in [0.15, 0.2) is 17.3 Å². The number of nitrogens with zero attached hydrogens (tertiary/aromatic N) is 3. The summed E-state index contributed by atoms with van der Waals surface area (Å²) < 4.78 is 12.3. The maximum Gasteiger partial charge on any atom is 0.308 e. The molecule has 8 heteroatoms. The number of carbonyl (C=O) groups excluding carboxylic acids is 1. The van der Waals surface area contributed by atoms with Gasteiger partial charge in [-0.3, -0.25) is 9.59 Å². The van der Waals surface area contributed by atoms with Gasteiger partial charge in [0, 0.05) is 12.5 Å². The van der Waals surface area contributed by atoms with Crippen molar-refractivity contribution in [3.63, 3.8) is 0 Å². The van der Waals surface area contributed by atoms with Gasteiger partial charge in [-0.25, -0.2) is 4.98 Å². The molecule has 0 unspecified atom stereocenters. The molecule has 0 spiro atoms. The zero-order valence-electron chi connectivity index (χ0n) is 17.3. The number of para-hydroxylation sites is 1. The quantitative estimate of drug-likeness (QED) is 0.230. The van der Waals surface area contributed by atoms with Crippen molar-refractivity contribution in [1.82, 2.24) is 9.66 Å². The van der Waals surface area contributed by atoms with Crippen LogP contribution >= 0.6 is 15.9 Å². The molecule has 0 bridgehead atoms. The molecule has 0 saturated carbocycles. The van der Waals surface area contributed by atoms with E-state index in [1.807, 2.05) is 36.4 Å². The highest BCUT2D eigenvalue weighted by Crippen LogP contribution is 2.36. The number of hydrogen-bond acceptors (Lipinski definition) is 6. The standard InChI is InChI=1S/C24H18BrN3O4/c1-15(29)32-22-19(25)12-16(13-21(22)31-2)14-26-28-23(17-8-4-3-5-9-17)27-20-11-7-6-10-18(20)24(28)30/h3-14H,1-2H3. The molecule has 0 aliphatic heterocycles. The van der Waals surface area contributed by atoms with E-state index < -0.39 is 5.97 Å². The zero-order chi connectivity index (χ0) is 22.7. The highest BCUT2D eigenvalue weighted by atomic mass is 79.9. The molecule has 1 aromatic heterocycles. The fourth-order valence-corrected chi connectivity index (χ4v) is 3.73. The van der Waals surface area contributed by atoms with Gasteiger partial charge in [-0.1, -0.05) is 42.5 Å². The first-order chi connectivity index (χ1) is 15.5. The largest absolute Gasteiger partial charge is 0.493 e. The number of hydrogen-bond donors (Lipinski definition) is 0. The molecular formula is C24H18BrN3O4. The molecule has 3 aromatic carbocycles. The summed E-state index contributed by atoms with van der Waals surface area (Å²) in [5.41, 5.74) is 1.70. The van der Waals surface area contributed by atoms with E-state index in [1.54, 1.807) is 30.3 Å². The molecular weight excluding hydrogens is 474 g/mol. The van der Waals surface area contributed by atoms with Gasteiger partial charge in [-0.2, -0.15) is 9.78 Å². The fraction of sp³-hybridized carbons (Fsp3) is 0.0833. The minimum Gasteiger partial charge on any atom is -0.493 e. The Hall–Kier alpha value is -3.78. The lowest BCUT2D eigenvalue weighted by Crippen LogP contribution is -2.20. The number of carbonyl (C=O) groups is 1. The molecule has 0 N–H and O–H groups in total. The summed E-state index contributed by atoms with van der Waals surface area (Å²) in [5.74, 6) is 0.578. The normalized spacial score (nSPS) is 11.1. The average molecular weight is 492 g/mol. The Morgan fingerprint density at radius 3 is 2.53 bits per heavy atom. The first kappa shape index (κ1) is 21.5. The van der Waals surface area contributed by atoms with Gasteiger partial charge in [0.2, 0.25) is 0 Å². The van der Waals surface area contributed by atoms with E-state index in [-0.39, 0.29) is 11.3 Å². The van der Waals surface area contributed by atoms with E-state index in [9.17, 15) is 9.59 Å². The van der Waals surface area contributed by atoms with Crippen LogP contribution in [0.2, 0.25) is 0 Å². The van der Waals surface area contributed by atoms with Crippen molar-refractivity contribution in [2.75, 3.05) is 7.11 Å². The van der Waals surface area contributed by atoms with Gasteiger partial charge in [0.25, 0.3) is 5.56 Å². The van der Waals surface area contributed by atoms with Crippen LogP contribution in [-0.4, -0.2) is 29.0 Å². The number of methoxy groups -OCH3 is 1. The first-order valence-corrected chi connectivity index (χ1v) is 10.4. The van der Waals surface area contributed by atoms with Crippen LogP contribution in [0.5, 0.6) is 11.5 Å². The fourth-order valence-electron chi connectivity index (χ4n) is 3.19. The third-order valence-corrected chi connectivity index (χ3v) is 5.19. The van der Waals surface area contributed by atoms with Gasteiger partial charge < -0.3 is 9.47 Å². The maximum atomic E-state index is 13.2. The number of rotatable bonds is 5. The van der Waals surface area contributed by atoms with E-state index in [4.69, 9.17) is 9.47 Å². The van der Waals surface area contributed by atoms with E-state index in [1.165, 1.54) is 24.9 Å². The second kappa shape index (κ2) is 9.15. The minimum atomic E-state index is -0.466. The Balaban J connectivity index is 1.86. The van der Waals surface area contributed by atoms with E-state index in [0.29, 0.717) is 32.5 Å². The number of esters is 1. The Bertz CT molecular complexity index is 1400. The number of aromatic nitrogens is 2. The number of benzene rings is 3. The van der Waals surface area contributed by atoms with Crippen molar-refractivity contribution in [3.8, 4) is 22.9 Å². The van der Waals surface area contributed by atoms with Crippen LogP contribution in [-0.2, 0) is 4.79 Å². The second-order valence-electron chi connectivity index (χ2n) is 6.81. The molecule has 0 atom stereocenters. The summed E-state index contributed by atoms with van der Waals surface area (Å²) in [6, 6.07) is 19.9. The minimum absolute atomic E-state index is 0.270. The highest BCUT2D eigenvalue weighted by molar-refractivity contribution is 9.10. The van der Waals surface area contributed by atoms with Crippen LogP contribution in [0.25, 0.3) is 22.3 Å². The lowest BCUT2D eigenvalue weighted by molar-refractivity contribution is -0.132. The third-order valence-electron chi connectivity index (χ3n) is 4.61. The van der Waals surface area contributed by atoms with Gasteiger partial charge >= 0.3 is 5.97 Å². The molecule has 7 nitrogen and oxygen atoms in total. The molecule has 4 rings (SSSR count). The van der Waals surface area contributed by atoms with Crippen LogP contribution in [0.4, 0.5) is 0 Å². The third kappa shape index (κ3) is 4.31. The van der Waals surface area contributed by atoms with Crippen LogP contribution in [0, 0.1) is 0 Å². The van der Waals surface area contributed by atoms with Crippen molar-refractivity contribution < 1.29 is 14.3 Å². The van der Waals surface area contributed by atoms with Crippen LogP contribution in [0.3, 0.4) is 0 Å². The first-order valence-electron chi connectivity index (χ1n) is 9.65. The molecule has 0 saturated heterocycles. The van der Waals surface area contributed by atoms with Crippen molar-refractivity contribution in [2.24, 2.45) is 5.10 Å². The summed E-state index contributed by atoms with van der Waals surface area (Å²) in [4.78, 5) is 29.3. The van der Waals surface area contributed by atoms with E-state index in [0.717, 1.165) is 5.56 Å². The Kier molecular flexibility index (Phi) is 6.13. The molecule has 0 radical (unpaired) electrons. The summed E-state index contributed by atoms with van der Waals surface area (Å²) in [6.45, 7) is 1.31. The van der Waals surface area contributed by atoms with Gasteiger partial charge in [0.1, 0.15) is 0 Å². The average Bonchev–Trinajstić information content (AvgIpc) is 2.80. The predicted molar refractivity (Wildman–Crippen MR) is 126 cm³/mol. The zero-order valence-corrected chi connectivity index (χ0v) is 18.9. The molecule has 32 heavy (non-hydrogen) atoms. The van der Waals surface area contributed by atoms with E-state index >= 15 is 0 Å². The lowest BCUT2D eigenvalue weighted by atomic mass is 10.2. The van der Waals surface area contributed by atoms with Crippen molar-refractivity contribution in [1.29, 1.82) is 0 Å². The second-order valence-corrected chi connectivity index (χ2v) is 7.66. The summed E-state index contributed by atoms with van der Waals surface area (Å²) in [5, 5.41) is 4.91. The number of halogens is 1. The Morgan fingerprint density at radius 2 is 1.81 bits per heavy atom. The van der Waals surface area contributed by atoms with Gasteiger partial charge in [-0.15, -0.1) is 0 Å². The number of fused-ring (bicyclic) bond motifs is 1. The SMILES string of the molecule is COc1cc(C=Nn2c(-c3ccccc3)nc3ccccc3c2=O)cc(Br)c1OC(C)=O. The van der Waals surface area contributed by atoms with Crippen LogP contribution in [0.1, 0.15) is 12.5 Å².